The number of aromatic nitrogens is 1. The van der Waals surface area contributed by atoms with Gasteiger partial charge in [0.15, 0.2) is 0 Å². The van der Waals surface area contributed by atoms with Crippen molar-refractivity contribution in [3.63, 3.8) is 0 Å². The highest BCUT2D eigenvalue weighted by atomic mass is 35.5. The fourth-order valence-electron chi connectivity index (χ4n) is 3.89. The molecule has 0 unspecified atom stereocenters. The molecule has 0 radical (unpaired) electrons. The van der Waals surface area contributed by atoms with Gasteiger partial charge < -0.3 is 15.0 Å². The first-order valence-electron chi connectivity index (χ1n) is 11.1. The third kappa shape index (κ3) is 6.59. The fourth-order valence-corrected chi connectivity index (χ4v) is 4.08. The van der Waals surface area contributed by atoms with Crippen LogP contribution in [0.2, 0.25) is 5.02 Å². The number of ether oxygens (including phenoxy) is 1. The molecule has 0 aliphatic carbocycles. The van der Waals surface area contributed by atoms with Crippen LogP contribution < -0.4 is 15.6 Å². The minimum Gasteiger partial charge on any atom is -0.493 e. The molecule has 1 atom stereocenters. The molecule has 0 spiro atoms. The summed E-state index contributed by atoms with van der Waals surface area (Å²) in [6, 6.07) is 14.7. The molecular formula is C26H32ClN3O3. The van der Waals surface area contributed by atoms with Crippen molar-refractivity contribution in [3.05, 3.63) is 63.9 Å². The van der Waals surface area contributed by atoms with Gasteiger partial charge >= 0.3 is 0 Å². The normalized spacial score (nSPS) is 12.4. The Balaban J connectivity index is 2.04. The first kappa shape index (κ1) is 24.8. The smallest absolute Gasteiger partial charge is 0.259 e. The van der Waals surface area contributed by atoms with Crippen molar-refractivity contribution in [1.82, 2.24) is 14.8 Å². The molecule has 0 saturated heterocycles. The Hall–Kier alpha value is -2.83. The van der Waals surface area contributed by atoms with Gasteiger partial charge in [0, 0.05) is 23.5 Å². The topological polar surface area (TPSA) is 63.6 Å². The number of halogens is 1. The van der Waals surface area contributed by atoms with Crippen molar-refractivity contribution in [3.8, 4) is 17.0 Å². The van der Waals surface area contributed by atoms with Crippen LogP contribution >= 0.6 is 11.6 Å². The Kier molecular flexibility index (Phi) is 8.16. The highest BCUT2D eigenvalue weighted by Gasteiger charge is 2.16. The molecule has 0 aliphatic rings. The van der Waals surface area contributed by atoms with E-state index in [0.29, 0.717) is 34.4 Å². The summed E-state index contributed by atoms with van der Waals surface area (Å²) in [6.07, 6.45) is 0. The molecule has 0 fully saturated rings. The van der Waals surface area contributed by atoms with E-state index in [4.69, 9.17) is 16.3 Å². The molecule has 176 valence electrons. The number of benzene rings is 2. The summed E-state index contributed by atoms with van der Waals surface area (Å²) in [7, 11) is 4.06. The number of nitrogens with one attached hydrogen (secondary N) is 1. The average molecular weight is 470 g/mol. The van der Waals surface area contributed by atoms with Gasteiger partial charge in [0.1, 0.15) is 12.3 Å². The van der Waals surface area contributed by atoms with Crippen molar-refractivity contribution in [2.24, 2.45) is 5.92 Å². The summed E-state index contributed by atoms with van der Waals surface area (Å²) >= 11 is 6.21. The predicted molar refractivity (Wildman–Crippen MR) is 135 cm³/mol. The average Bonchev–Trinajstić information content (AvgIpc) is 2.73. The number of fused-ring (bicyclic) bond motifs is 1. The summed E-state index contributed by atoms with van der Waals surface area (Å²) < 4.78 is 7.47. The molecule has 33 heavy (non-hydrogen) atoms. The number of carbonyl (C=O) groups is 1. The largest absolute Gasteiger partial charge is 0.493 e. The summed E-state index contributed by atoms with van der Waals surface area (Å²) in [5.74, 6) is 0.760. The van der Waals surface area contributed by atoms with Crippen LogP contribution in [0.3, 0.4) is 0 Å². The fraction of sp³-hybridized carbons (Fsp3) is 0.385. The number of nitrogens with zero attached hydrogens (tertiary/aromatic N) is 2. The van der Waals surface area contributed by atoms with Crippen LogP contribution in [-0.4, -0.2) is 48.7 Å². The minimum atomic E-state index is -0.242. The molecule has 1 heterocycles. The van der Waals surface area contributed by atoms with E-state index in [0.717, 1.165) is 17.5 Å². The van der Waals surface area contributed by atoms with Gasteiger partial charge in [-0.3, -0.25) is 14.2 Å². The molecule has 1 aromatic heterocycles. The lowest BCUT2D eigenvalue weighted by atomic mass is 10.1. The van der Waals surface area contributed by atoms with Gasteiger partial charge in [0.25, 0.3) is 5.56 Å². The predicted octanol–water partition coefficient (Wildman–Crippen LogP) is 4.42. The van der Waals surface area contributed by atoms with E-state index in [-0.39, 0.29) is 24.1 Å². The quantitative estimate of drug-likeness (QED) is 0.503. The van der Waals surface area contributed by atoms with Crippen molar-refractivity contribution in [2.75, 3.05) is 27.2 Å². The van der Waals surface area contributed by atoms with Gasteiger partial charge in [0.05, 0.1) is 17.7 Å². The number of pyridine rings is 1. The van der Waals surface area contributed by atoms with E-state index in [2.05, 4.69) is 17.1 Å². The molecule has 0 bridgehead atoms. The monoisotopic (exact) mass is 469 g/mol. The lowest BCUT2D eigenvalue weighted by Crippen LogP contribution is -2.36. The number of hydrogen-bond acceptors (Lipinski definition) is 4. The Labute approximate surface area is 200 Å². The molecule has 0 aliphatic heterocycles. The van der Waals surface area contributed by atoms with Crippen molar-refractivity contribution < 1.29 is 9.53 Å². The highest BCUT2D eigenvalue weighted by molar-refractivity contribution is 6.30. The SMILES string of the molecule is CC(C)NC(=O)Cn1c(-c2cccc(Cl)c2)cc2ccc(OC[C@@H](C)CN(C)C)cc2c1=O. The first-order valence-corrected chi connectivity index (χ1v) is 11.5. The number of carbonyl (C=O) groups excluding carboxylic acids is 1. The third-order valence-electron chi connectivity index (χ3n) is 5.17. The third-order valence-corrected chi connectivity index (χ3v) is 5.40. The molecule has 6 nitrogen and oxygen atoms in total. The molecule has 3 rings (SSSR count). The van der Waals surface area contributed by atoms with E-state index >= 15 is 0 Å². The minimum absolute atomic E-state index is 0.0209. The standard InChI is InChI=1S/C26H32ClN3O3/c1-17(2)28-25(31)15-30-24(20-7-6-8-21(27)11-20)12-19-9-10-22(13-23(19)26(30)32)33-16-18(3)14-29(4)5/h6-13,17-18H,14-16H2,1-5H3,(H,28,31)/t18-/m0/s1. The first-order chi connectivity index (χ1) is 15.6. The van der Waals surface area contributed by atoms with E-state index in [9.17, 15) is 9.59 Å². The van der Waals surface area contributed by atoms with Crippen LogP contribution in [0, 0.1) is 5.92 Å². The van der Waals surface area contributed by atoms with Crippen LogP contribution in [0.15, 0.2) is 53.3 Å². The van der Waals surface area contributed by atoms with Gasteiger partial charge in [-0.15, -0.1) is 0 Å². The molecule has 1 amide bonds. The maximum atomic E-state index is 13.6. The molecule has 7 heteroatoms. The van der Waals surface area contributed by atoms with Gasteiger partial charge in [-0.25, -0.2) is 0 Å². The maximum absolute atomic E-state index is 13.6. The second-order valence-electron chi connectivity index (χ2n) is 9.08. The van der Waals surface area contributed by atoms with E-state index < -0.39 is 0 Å². The lowest BCUT2D eigenvalue weighted by Gasteiger charge is -2.18. The number of rotatable bonds is 9. The summed E-state index contributed by atoms with van der Waals surface area (Å²) in [5, 5.41) is 4.72. The van der Waals surface area contributed by atoms with Crippen molar-refractivity contribution in [1.29, 1.82) is 0 Å². The highest BCUT2D eigenvalue weighted by Crippen LogP contribution is 2.27. The van der Waals surface area contributed by atoms with E-state index in [1.54, 1.807) is 18.2 Å². The Bertz CT molecular complexity index is 1190. The summed E-state index contributed by atoms with van der Waals surface area (Å²) in [5.41, 5.74) is 1.17. The Morgan fingerprint density at radius 2 is 1.88 bits per heavy atom. The van der Waals surface area contributed by atoms with Crippen LogP contribution in [0.4, 0.5) is 0 Å². The molecule has 0 saturated carbocycles. The molecular weight excluding hydrogens is 438 g/mol. The Morgan fingerprint density at radius 3 is 2.55 bits per heavy atom. The number of hydrogen-bond donors (Lipinski definition) is 1. The van der Waals surface area contributed by atoms with E-state index in [1.807, 2.05) is 58.3 Å². The zero-order valence-corrected chi connectivity index (χ0v) is 20.6. The zero-order valence-electron chi connectivity index (χ0n) is 19.9. The van der Waals surface area contributed by atoms with Crippen molar-refractivity contribution >= 4 is 28.3 Å². The summed E-state index contributed by atoms with van der Waals surface area (Å²) in [4.78, 5) is 28.2. The second kappa shape index (κ2) is 10.9. The van der Waals surface area contributed by atoms with Crippen LogP contribution in [-0.2, 0) is 11.3 Å². The number of amides is 1. The lowest BCUT2D eigenvalue weighted by molar-refractivity contribution is -0.122. The van der Waals surface area contributed by atoms with E-state index in [1.165, 1.54) is 4.57 Å². The maximum Gasteiger partial charge on any atom is 0.259 e. The molecule has 3 aromatic rings. The molecule has 2 aromatic carbocycles. The van der Waals surface area contributed by atoms with Crippen LogP contribution in [0.25, 0.3) is 22.0 Å². The van der Waals surface area contributed by atoms with Crippen LogP contribution in [0.1, 0.15) is 20.8 Å². The van der Waals surface area contributed by atoms with Gasteiger partial charge in [0.2, 0.25) is 5.91 Å². The summed E-state index contributed by atoms with van der Waals surface area (Å²) in [6.45, 7) is 7.28. The van der Waals surface area contributed by atoms with Gasteiger partial charge in [-0.1, -0.05) is 36.7 Å². The van der Waals surface area contributed by atoms with Gasteiger partial charge in [-0.2, -0.15) is 0 Å². The molecule has 1 N–H and O–H groups in total. The Morgan fingerprint density at radius 1 is 1.12 bits per heavy atom. The second-order valence-corrected chi connectivity index (χ2v) is 9.52. The van der Waals surface area contributed by atoms with Crippen molar-refractivity contribution in [2.45, 2.75) is 33.4 Å². The zero-order chi connectivity index (χ0) is 24.1. The van der Waals surface area contributed by atoms with Crippen LogP contribution in [0.5, 0.6) is 5.75 Å². The van der Waals surface area contributed by atoms with Gasteiger partial charge in [-0.05, 0) is 69.2 Å².